The van der Waals surface area contributed by atoms with Crippen LogP contribution < -0.4 is 5.73 Å². The van der Waals surface area contributed by atoms with Crippen LogP contribution in [0.5, 0.6) is 0 Å². The number of hydrogen-bond acceptors (Lipinski definition) is 2. The smallest absolute Gasteiger partial charge is 0.0246 e. The lowest BCUT2D eigenvalue weighted by Gasteiger charge is -2.37. The van der Waals surface area contributed by atoms with Crippen LogP contribution in [0.15, 0.2) is 0 Å². The van der Waals surface area contributed by atoms with Crippen LogP contribution in [0.1, 0.15) is 57.8 Å². The van der Waals surface area contributed by atoms with Gasteiger partial charge < -0.3 is 5.73 Å². The van der Waals surface area contributed by atoms with Gasteiger partial charge in [0.1, 0.15) is 0 Å². The third-order valence-corrected chi connectivity index (χ3v) is 4.55. The van der Waals surface area contributed by atoms with Crippen LogP contribution in [0.2, 0.25) is 0 Å². The first-order valence-corrected chi connectivity index (χ1v) is 7.36. The number of hydrogen-bond donors (Lipinski definition) is 1. The van der Waals surface area contributed by atoms with Crippen molar-refractivity contribution in [2.45, 2.75) is 63.8 Å². The lowest BCUT2D eigenvalue weighted by molar-refractivity contribution is 0.126. The van der Waals surface area contributed by atoms with E-state index in [9.17, 15) is 0 Å². The number of nitrogens with two attached hydrogens (primary N) is 1. The molecule has 16 heavy (non-hydrogen) atoms. The highest BCUT2D eigenvalue weighted by Gasteiger charge is 2.27. The molecule has 2 heteroatoms. The zero-order valence-corrected chi connectivity index (χ0v) is 10.7. The summed E-state index contributed by atoms with van der Waals surface area (Å²) in [5.74, 6) is 0.900. The molecule has 2 fully saturated rings. The van der Waals surface area contributed by atoms with Gasteiger partial charge in [0.15, 0.2) is 0 Å². The van der Waals surface area contributed by atoms with Gasteiger partial charge in [-0.25, -0.2) is 0 Å². The van der Waals surface area contributed by atoms with Gasteiger partial charge in [-0.2, -0.15) is 0 Å². The van der Waals surface area contributed by atoms with Gasteiger partial charge in [-0.3, -0.25) is 4.90 Å². The zero-order chi connectivity index (χ0) is 11.2. The molecule has 94 valence electrons. The van der Waals surface area contributed by atoms with Crippen LogP contribution in [0.4, 0.5) is 0 Å². The van der Waals surface area contributed by atoms with Crippen LogP contribution in [0, 0.1) is 5.92 Å². The summed E-state index contributed by atoms with van der Waals surface area (Å²) in [7, 11) is 0. The molecule has 0 aromatic rings. The van der Waals surface area contributed by atoms with Crippen molar-refractivity contribution < 1.29 is 0 Å². The van der Waals surface area contributed by atoms with E-state index in [0.29, 0.717) is 6.04 Å². The molecule has 1 unspecified atom stereocenters. The van der Waals surface area contributed by atoms with Gasteiger partial charge in [0, 0.05) is 12.6 Å². The Balaban J connectivity index is 1.90. The summed E-state index contributed by atoms with van der Waals surface area (Å²) >= 11 is 0. The van der Waals surface area contributed by atoms with Gasteiger partial charge in [0.25, 0.3) is 0 Å². The first kappa shape index (κ1) is 12.4. The molecule has 1 saturated heterocycles. The molecule has 0 aromatic heterocycles. The van der Waals surface area contributed by atoms with Crippen molar-refractivity contribution in [3.05, 3.63) is 0 Å². The summed E-state index contributed by atoms with van der Waals surface area (Å²) < 4.78 is 0. The number of rotatable bonds is 3. The summed E-state index contributed by atoms with van der Waals surface area (Å²) in [5.41, 5.74) is 6.04. The molecule has 1 aliphatic carbocycles. The highest BCUT2D eigenvalue weighted by Crippen LogP contribution is 2.29. The second-order valence-corrected chi connectivity index (χ2v) is 5.65. The van der Waals surface area contributed by atoms with E-state index in [-0.39, 0.29) is 0 Å². The summed E-state index contributed by atoms with van der Waals surface area (Å²) in [5, 5.41) is 0. The van der Waals surface area contributed by atoms with Crippen molar-refractivity contribution in [1.82, 2.24) is 4.90 Å². The fourth-order valence-corrected chi connectivity index (χ4v) is 3.59. The van der Waals surface area contributed by atoms with Crippen molar-refractivity contribution in [1.29, 1.82) is 0 Å². The van der Waals surface area contributed by atoms with Crippen LogP contribution in [0.25, 0.3) is 0 Å². The Hall–Kier alpha value is -0.0800. The molecular weight excluding hydrogens is 196 g/mol. The van der Waals surface area contributed by atoms with Gasteiger partial charge in [-0.15, -0.1) is 0 Å². The van der Waals surface area contributed by atoms with E-state index in [1.54, 1.807) is 0 Å². The first-order chi connectivity index (χ1) is 7.92. The van der Waals surface area contributed by atoms with E-state index < -0.39 is 0 Å². The van der Waals surface area contributed by atoms with Crippen LogP contribution >= 0.6 is 0 Å². The maximum absolute atomic E-state index is 6.04. The van der Waals surface area contributed by atoms with Gasteiger partial charge in [-0.1, -0.05) is 32.1 Å². The monoisotopic (exact) mass is 224 g/mol. The Morgan fingerprint density at radius 3 is 2.00 bits per heavy atom. The first-order valence-electron chi connectivity index (χ1n) is 7.36. The fraction of sp³-hybridized carbons (Fsp3) is 1.00. The molecule has 2 aliphatic rings. The van der Waals surface area contributed by atoms with Crippen LogP contribution in [-0.2, 0) is 0 Å². The molecule has 2 rings (SSSR count). The predicted octanol–water partition coefficient (Wildman–Crippen LogP) is 2.77. The molecule has 1 saturated carbocycles. The van der Waals surface area contributed by atoms with Gasteiger partial charge in [0.2, 0.25) is 0 Å². The van der Waals surface area contributed by atoms with E-state index >= 15 is 0 Å². The largest absolute Gasteiger partial charge is 0.329 e. The Bertz CT molecular complexity index is 179. The Morgan fingerprint density at radius 2 is 1.44 bits per heavy atom. The molecule has 1 aliphatic heterocycles. The second kappa shape index (κ2) is 6.61. The van der Waals surface area contributed by atoms with Gasteiger partial charge >= 0.3 is 0 Å². The molecule has 1 heterocycles. The summed E-state index contributed by atoms with van der Waals surface area (Å²) in [6.45, 7) is 3.49. The Kier molecular flexibility index (Phi) is 5.11. The lowest BCUT2D eigenvalue weighted by Crippen LogP contribution is -2.46. The Morgan fingerprint density at radius 1 is 0.875 bits per heavy atom. The quantitative estimate of drug-likeness (QED) is 0.798. The van der Waals surface area contributed by atoms with E-state index in [1.165, 1.54) is 70.9 Å². The minimum absolute atomic E-state index is 0.693. The fourth-order valence-electron chi connectivity index (χ4n) is 3.59. The average Bonchev–Trinajstić information content (AvgIpc) is 2.61. The van der Waals surface area contributed by atoms with Crippen molar-refractivity contribution >= 4 is 0 Å². The SMILES string of the molecule is NCC(C1CCCCC1)N1CCCCCC1. The van der Waals surface area contributed by atoms with E-state index in [2.05, 4.69) is 4.90 Å². The molecule has 0 amide bonds. The maximum Gasteiger partial charge on any atom is 0.0246 e. The molecule has 0 bridgehead atoms. The lowest BCUT2D eigenvalue weighted by atomic mass is 9.83. The second-order valence-electron chi connectivity index (χ2n) is 5.65. The topological polar surface area (TPSA) is 29.3 Å². The van der Waals surface area contributed by atoms with Gasteiger partial charge in [-0.05, 0) is 44.7 Å². The minimum atomic E-state index is 0.693. The number of nitrogens with zero attached hydrogens (tertiary/aromatic N) is 1. The van der Waals surface area contributed by atoms with E-state index in [0.717, 1.165) is 12.5 Å². The Labute approximate surface area is 101 Å². The van der Waals surface area contributed by atoms with Crippen molar-refractivity contribution in [3.63, 3.8) is 0 Å². The molecule has 0 spiro atoms. The van der Waals surface area contributed by atoms with E-state index in [4.69, 9.17) is 5.73 Å². The summed E-state index contributed by atoms with van der Waals surface area (Å²) in [4.78, 5) is 2.71. The summed E-state index contributed by atoms with van der Waals surface area (Å²) in [6.07, 6.45) is 12.8. The highest BCUT2D eigenvalue weighted by molar-refractivity contribution is 4.83. The standard InChI is InChI=1S/C14H28N2/c15-12-14(13-8-4-3-5-9-13)16-10-6-1-2-7-11-16/h13-14H,1-12,15H2. The van der Waals surface area contributed by atoms with Crippen LogP contribution in [0.3, 0.4) is 0 Å². The van der Waals surface area contributed by atoms with Gasteiger partial charge in [0.05, 0.1) is 0 Å². The molecule has 0 radical (unpaired) electrons. The summed E-state index contributed by atoms with van der Waals surface area (Å²) in [6, 6.07) is 0.693. The molecule has 0 aromatic carbocycles. The maximum atomic E-state index is 6.04. The molecule has 2 nitrogen and oxygen atoms in total. The molecule has 2 N–H and O–H groups in total. The highest BCUT2D eigenvalue weighted by atomic mass is 15.2. The number of likely N-dealkylation sites (tertiary alicyclic amines) is 1. The minimum Gasteiger partial charge on any atom is -0.329 e. The molecule has 1 atom stereocenters. The zero-order valence-electron chi connectivity index (χ0n) is 10.7. The van der Waals surface area contributed by atoms with Crippen molar-refractivity contribution in [3.8, 4) is 0 Å². The average molecular weight is 224 g/mol. The third kappa shape index (κ3) is 3.21. The van der Waals surface area contributed by atoms with Crippen molar-refractivity contribution in [2.75, 3.05) is 19.6 Å². The normalized spacial score (nSPS) is 27.6. The van der Waals surface area contributed by atoms with Crippen molar-refractivity contribution in [2.24, 2.45) is 11.7 Å². The van der Waals surface area contributed by atoms with E-state index in [1.807, 2.05) is 0 Å². The molecular formula is C14H28N2. The third-order valence-electron chi connectivity index (χ3n) is 4.55. The van der Waals surface area contributed by atoms with Crippen LogP contribution in [-0.4, -0.2) is 30.6 Å². The predicted molar refractivity (Wildman–Crippen MR) is 69.5 cm³/mol.